The van der Waals surface area contributed by atoms with Gasteiger partial charge < -0.3 is 5.32 Å². The molecule has 2 aromatic rings. The highest BCUT2D eigenvalue weighted by atomic mass is 79.9. The molecule has 6 heteroatoms. The lowest BCUT2D eigenvalue weighted by Crippen LogP contribution is -2.56. The Balaban J connectivity index is 1.87. The van der Waals surface area contributed by atoms with Crippen molar-refractivity contribution in [3.05, 3.63) is 38.9 Å². The summed E-state index contributed by atoms with van der Waals surface area (Å²) in [6.07, 6.45) is 1.85. The number of benzene rings is 1. The third-order valence-corrected chi connectivity index (χ3v) is 4.82. The number of nitrogens with one attached hydrogen (secondary N) is 2. The minimum Gasteiger partial charge on any atom is -0.304 e. The van der Waals surface area contributed by atoms with E-state index in [-0.39, 0.29) is 11.1 Å². The van der Waals surface area contributed by atoms with Crippen molar-refractivity contribution in [3.63, 3.8) is 0 Å². The second-order valence-electron chi connectivity index (χ2n) is 5.64. The van der Waals surface area contributed by atoms with Crippen LogP contribution in [0.15, 0.2) is 27.5 Å². The standard InChI is InChI=1S/C14H15BrN4O/c15-9-1-2-10-11(5-9)18-12-6-14(3-4-16-8-17-14)7-19(12)13(10)20/h1-2,5,16-17H,3-4,6-8H2. The van der Waals surface area contributed by atoms with Crippen molar-refractivity contribution < 1.29 is 0 Å². The molecule has 1 unspecified atom stereocenters. The van der Waals surface area contributed by atoms with Crippen LogP contribution in [0.2, 0.25) is 0 Å². The molecule has 0 aliphatic carbocycles. The molecule has 3 heterocycles. The van der Waals surface area contributed by atoms with Crippen LogP contribution in [0.4, 0.5) is 0 Å². The summed E-state index contributed by atoms with van der Waals surface area (Å²) < 4.78 is 2.80. The fourth-order valence-electron chi connectivity index (χ4n) is 3.24. The van der Waals surface area contributed by atoms with Crippen LogP contribution in [0.1, 0.15) is 12.2 Å². The van der Waals surface area contributed by atoms with Crippen LogP contribution in [-0.2, 0) is 13.0 Å². The van der Waals surface area contributed by atoms with Crippen LogP contribution in [0.25, 0.3) is 10.9 Å². The monoisotopic (exact) mass is 334 g/mol. The third kappa shape index (κ3) is 1.82. The minimum absolute atomic E-state index is 0.000974. The van der Waals surface area contributed by atoms with Crippen LogP contribution in [0.5, 0.6) is 0 Å². The Morgan fingerprint density at radius 3 is 3.10 bits per heavy atom. The zero-order chi connectivity index (χ0) is 13.7. The van der Waals surface area contributed by atoms with Crippen molar-refractivity contribution in [2.24, 2.45) is 0 Å². The lowest BCUT2D eigenvalue weighted by atomic mass is 9.92. The number of hydrogen-bond donors (Lipinski definition) is 2. The molecule has 1 atom stereocenters. The summed E-state index contributed by atoms with van der Waals surface area (Å²) in [4.78, 5) is 17.3. The van der Waals surface area contributed by atoms with Gasteiger partial charge >= 0.3 is 0 Å². The fourth-order valence-corrected chi connectivity index (χ4v) is 3.59. The molecule has 5 nitrogen and oxygen atoms in total. The number of rotatable bonds is 0. The van der Waals surface area contributed by atoms with Gasteiger partial charge in [0, 0.05) is 29.6 Å². The van der Waals surface area contributed by atoms with E-state index in [1.807, 2.05) is 22.8 Å². The molecule has 104 valence electrons. The lowest BCUT2D eigenvalue weighted by molar-refractivity contribution is 0.244. The van der Waals surface area contributed by atoms with E-state index in [2.05, 4.69) is 26.6 Å². The van der Waals surface area contributed by atoms with Gasteiger partial charge in [0.15, 0.2) is 0 Å². The minimum atomic E-state index is -0.000974. The summed E-state index contributed by atoms with van der Waals surface area (Å²) in [6.45, 7) is 2.51. The van der Waals surface area contributed by atoms with Crippen molar-refractivity contribution in [3.8, 4) is 0 Å². The number of fused-ring (bicyclic) bond motifs is 2. The maximum Gasteiger partial charge on any atom is 0.261 e. The Hall–Kier alpha value is -1.24. The largest absolute Gasteiger partial charge is 0.304 e. The van der Waals surface area contributed by atoms with E-state index < -0.39 is 0 Å². The van der Waals surface area contributed by atoms with Gasteiger partial charge in [0.1, 0.15) is 5.82 Å². The normalized spacial score (nSPS) is 25.2. The molecule has 2 N–H and O–H groups in total. The highest BCUT2D eigenvalue weighted by molar-refractivity contribution is 9.10. The second kappa shape index (κ2) is 4.38. The van der Waals surface area contributed by atoms with Gasteiger partial charge in [0.05, 0.1) is 10.9 Å². The van der Waals surface area contributed by atoms with E-state index in [0.29, 0.717) is 5.39 Å². The Kier molecular flexibility index (Phi) is 2.73. The van der Waals surface area contributed by atoms with Gasteiger partial charge in [0.2, 0.25) is 0 Å². The number of hydrogen-bond acceptors (Lipinski definition) is 4. The second-order valence-corrected chi connectivity index (χ2v) is 6.56. The van der Waals surface area contributed by atoms with Gasteiger partial charge in [-0.3, -0.25) is 14.7 Å². The zero-order valence-corrected chi connectivity index (χ0v) is 12.5. The topological polar surface area (TPSA) is 59.0 Å². The Bertz CT molecular complexity index is 749. The Morgan fingerprint density at radius 2 is 2.30 bits per heavy atom. The number of nitrogens with zero attached hydrogens (tertiary/aromatic N) is 2. The average Bonchev–Trinajstić information content (AvgIpc) is 2.77. The van der Waals surface area contributed by atoms with Gasteiger partial charge in [-0.05, 0) is 31.2 Å². The molecule has 1 spiro atoms. The molecule has 1 saturated heterocycles. The van der Waals surface area contributed by atoms with Crippen LogP contribution >= 0.6 is 15.9 Å². The smallest absolute Gasteiger partial charge is 0.261 e. The summed E-state index contributed by atoms with van der Waals surface area (Å²) in [5.74, 6) is 0.898. The first-order valence-corrected chi connectivity index (χ1v) is 7.61. The van der Waals surface area contributed by atoms with Crippen molar-refractivity contribution in [1.29, 1.82) is 0 Å². The quantitative estimate of drug-likeness (QED) is 0.754. The summed E-state index contributed by atoms with van der Waals surface area (Å²) in [5, 5.41) is 7.50. The van der Waals surface area contributed by atoms with E-state index in [1.54, 1.807) is 0 Å². The number of halogens is 1. The molecular formula is C14H15BrN4O. The molecule has 4 rings (SSSR count). The van der Waals surface area contributed by atoms with Gasteiger partial charge in [-0.2, -0.15) is 0 Å². The van der Waals surface area contributed by atoms with Crippen LogP contribution in [-0.4, -0.2) is 28.3 Å². The first-order chi connectivity index (χ1) is 9.67. The van der Waals surface area contributed by atoms with Crippen LogP contribution < -0.4 is 16.2 Å². The third-order valence-electron chi connectivity index (χ3n) is 4.32. The SMILES string of the molecule is O=c1c2ccc(Br)cc2nc2n1CC1(CCNCN1)C2. The molecule has 0 saturated carbocycles. The first kappa shape index (κ1) is 12.5. The Labute approximate surface area is 124 Å². The van der Waals surface area contributed by atoms with Gasteiger partial charge in [-0.25, -0.2) is 4.98 Å². The summed E-state index contributed by atoms with van der Waals surface area (Å²) in [6, 6.07) is 5.66. The molecule has 1 fully saturated rings. The molecule has 2 aliphatic rings. The van der Waals surface area contributed by atoms with E-state index in [4.69, 9.17) is 4.98 Å². The van der Waals surface area contributed by atoms with Gasteiger partial charge in [-0.15, -0.1) is 0 Å². The Morgan fingerprint density at radius 1 is 1.40 bits per heavy atom. The van der Waals surface area contributed by atoms with E-state index >= 15 is 0 Å². The average molecular weight is 335 g/mol. The predicted molar refractivity (Wildman–Crippen MR) is 80.8 cm³/mol. The first-order valence-electron chi connectivity index (χ1n) is 6.82. The van der Waals surface area contributed by atoms with Crippen molar-refractivity contribution in [2.75, 3.05) is 13.2 Å². The molecule has 0 bridgehead atoms. The number of aromatic nitrogens is 2. The highest BCUT2D eigenvalue weighted by Crippen LogP contribution is 2.27. The van der Waals surface area contributed by atoms with Crippen LogP contribution in [0.3, 0.4) is 0 Å². The van der Waals surface area contributed by atoms with Gasteiger partial charge in [-0.1, -0.05) is 15.9 Å². The molecule has 1 aromatic carbocycles. The molecule has 0 radical (unpaired) electrons. The maximum absolute atomic E-state index is 12.6. The van der Waals surface area contributed by atoms with E-state index in [0.717, 1.165) is 48.4 Å². The summed E-state index contributed by atoms with van der Waals surface area (Å²) >= 11 is 3.44. The molecule has 20 heavy (non-hydrogen) atoms. The van der Waals surface area contributed by atoms with E-state index in [1.165, 1.54) is 0 Å². The van der Waals surface area contributed by atoms with E-state index in [9.17, 15) is 4.79 Å². The zero-order valence-electron chi connectivity index (χ0n) is 10.9. The molecule has 2 aliphatic heterocycles. The van der Waals surface area contributed by atoms with Gasteiger partial charge in [0.25, 0.3) is 5.56 Å². The summed E-state index contributed by atoms with van der Waals surface area (Å²) in [5.41, 5.74) is 0.857. The van der Waals surface area contributed by atoms with Crippen LogP contribution in [0, 0.1) is 0 Å². The maximum atomic E-state index is 12.6. The predicted octanol–water partition coefficient (Wildman–Crippen LogP) is 0.994. The van der Waals surface area contributed by atoms with Crippen molar-refractivity contribution in [1.82, 2.24) is 20.2 Å². The molecular weight excluding hydrogens is 320 g/mol. The van der Waals surface area contributed by atoms with Crippen molar-refractivity contribution in [2.45, 2.75) is 24.9 Å². The molecule has 0 amide bonds. The summed E-state index contributed by atoms with van der Waals surface area (Å²) in [7, 11) is 0. The molecule has 1 aromatic heterocycles. The van der Waals surface area contributed by atoms with Crippen molar-refractivity contribution >= 4 is 26.8 Å². The highest BCUT2D eigenvalue weighted by Gasteiger charge is 2.39. The lowest BCUT2D eigenvalue weighted by Gasteiger charge is -2.34. The fraction of sp³-hybridized carbons (Fsp3) is 0.429.